The summed E-state index contributed by atoms with van der Waals surface area (Å²) in [6.07, 6.45) is 3.50. The first-order valence-electron chi connectivity index (χ1n) is 4.18. The SMILES string of the molecule is NC(=O)C1=NNC=Cc2ccccc21. The number of nitrogens with two attached hydrogens (primary N) is 1. The van der Waals surface area contributed by atoms with Crippen LogP contribution in [-0.2, 0) is 4.79 Å². The number of nitrogens with zero attached hydrogens (tertiary/aromatic N) is 1. The smallest absolute Gasteiger partial charge is 0.269 e. The van der Waals surface area contributed by atoms with Gasteiger partial charge in [0.15, 0.2) is 5.71 Å². The molecule has 1 aliphatic heterocycles. The summed E-state index contributed by atoms with van der Waals surface area (Å²) >= 11 is 0. The van der Waals surface area contributed by atoms with Gasteiger partial charge in [0.2, 0.25) is 0 Å². The van der Waals surface area contributed by atoms with Gasteiger partial charge in [0.05, 0.1) is 0 Å². The Bertz CT molecular complexity index is 435. The Morgan fingerprint density at radius 1 is 1.36 bits per heavy atom. The van der Waals surface area contributed by atoms with Crippen LogP contribution >= 0.6 is 0 Å². The van der Waals surface area contributed by atoms with E-state index >= 15 is 0 Å². The minimum Gasteiger partial charge on any atom is -0.364 e. The molecule has 2 rings (SSSR count). The van der Waals surface area contributed by atoms with Gasteiger partial charge in [0, 0.05) is 11.8 Å². The molecule has 3 N–H and O–H groups in total. The molecule has 70 valence electrons. The van der Waals surface area contributed by atoms with Crippen molar-refractivity contribution in [2.75, 3.05) is 0 Å². The summed E-state index contributed by atoms with van der Waals surface area (Å²) in [6, 6.07) is 7.46. The molecule has 0 atom stereocenters. The summed E-state index contributed by atoms with van der Waals surface area (Å²) < 4.78 is 0. The number of hydrogen-bond donors (Lipinski definition) is 2. The highest BCUT2D eigenvalue weighted by Crippen LogP contribution is 2.13. The molecule has 0 fully saturated rings. The highest BCUT2D eigenvalue weighted by atomic mass is 16.1. The molecule has 4 heteroatoms. The first kappa shape index (κ1) is 8.50. The fraction of sp³-hybridized carbons (Fsp3) is 0. The zero-order valence-electron chi connectivity index (χ0n) is 7.40. The third-order valence-corrected chi connectivity index (χ3v) is 1.96. The van der Waals surface area contributed by atoms with Gasteiger partial charge in [-0.25, -0.2) is 0 Å². The monoisotopic (exact) mass is 187 g/mol. The predicted molar refractivity (Wildman–Crippen MR) is 54.3 cm³/mol. The lowest BCUT2D eigenvalue weighted by Crippen LogP contribution is -2.25. The molecule has 0 saturated carbocycles. The Kier molecular flexibility index (Phi) is 2.02. The van der Waals surface area contributed by atoms with E-state index in [-0.39, 0.29) is 5.71 Å². The number of rotatable bonds is 1. The summed E-state index contributed by atoms with van der Waals surface area (Å²) in [7, 11) is 0. The van der Waals surface area contributed by atoms with Gasteiger partial charge in [-0.2, -0.15) is 5.10 Å². The van der Waals surface area contributed by atoms with Gasteiger partial charge in [0.25, 0.3) is 5.91 Å². The molecule has 1 heterocycles. The summed E-state index contributed by atoms with van der Waals surface area (Å²) in [6.45, 7) is 0. The van der Waals surface area contributed by atoms with Crippen molar-refractivity contribution in [1.82, 2.24) is 5.43 Å². The first-order chi connectivity index (χ1) is 6.79. The average Bonchev–Trinajstić information content (AvgIpc) is 2.39. The second-order valence-corrected chi connectivity index (χ2v) is 2.87. The van der Waals surface area contributed by atoms with Gasteiger partial charge < -0.3 is 5.73 Å². The van der Waals surface area contributed by atoms with Gasteiger partial charge >= 0.3 is 0 Å². The third kappa shape index (κ3) is 1.37. The molecule has 0 unspecified atom stereocenters. The van der Waals surface area contributed by atoms with Gasteiger partial charge in [-0.15, -0.1) is 0 Å². The maximum atomic E-state index is 11.1. The number of benzene rings is 1. The minimum atomic E-state index is -0.534. The van der Waals surface area contributed by atoms with Crippen molar-refractivity contribution < 1.29 is 4.79 Å². The average molecular weight is 187 g/mol. The van der Waals surface area contributed by atoms with Crippen LogP contribution in [0.25, 0.3) is 6.08 Å². The Morgan fingerprint density at radius 3 is 2.93 bits per heavy atom. The lowest BCUT2D eigenvalue weighted by molar-refractivity contribution is -0.111. The van der Waals surface area contributed by atoms with Crippen LogP contribution in [0.1, 0.15) is 11.1 Å². The number of carbonyl (C=O) groups excluding carboxylic acids is 1. The number of nitrogens with one attached hydrogen (secondary N) is 1. The summed E-state index contributed by atoms with van der Waals surface area (Å²) in [5, 5.41) is 3.87. The van der Waals surface area contributed by atoms with E-state index in [1.165, 1.54) is 0 Å². The molecule has 0 saturated heterocycles. The van der Waals surface area contributed by atoms with Gasteiger partial charge in [-0.1, -0.05) is 24.3 Å². The van der Waals surface area contributed by atoms with Crippen molar-refractivity contribution in [3.8, 4) is 0 Å². The molecule has 0 aromatic heterocycles. The van der Waals surface area contributed by atoms with Crippen molar-refractivity contribution >= 4 is 17.7 Å². The van der Waals surface area contributed by atoms with Crippen molar-refractivity contribution in [2.24, 2.45) is 10.8 Å². The van der Waals surface area contributed by atoms with E-state index in [2.05, 4.69) is 10.5 Å². The highest BCUT2D eigenvalue weighted by Gasteiger charge is 2.14. The van der Waals surface area contributed by atoms with E-state index in [0.717, 1.165) is 11.1 Å². The molecule has 0 bridgehead atoms. The zero-order chi connectivity index (χ0) is 9.97. The third-order valence-electron chi connectivity index (χ3n) is 1.96. The second kappa shape index (κ2) is 3.33. The quantitative estimate of drug-likeness (QED) is 0.670. The zero-order valence-corrected chi connectivity index (χ0v) is 7.40. The van der Waals surface area contributed by atoms with Crippen LogP contribution in [0, 0.1) is 0 Å². The molecule has 1 aromatic rings. The van der Waals surface area contributed by atoms with Gasteiger partial charge in [0.1, 0.15) is 0 Å². The minimum absolute atomic E-state index is 0.255. The van der Waals surface area contributed by atoms with Crippen molar-refractivity contribution in [2.45, 2.75) is 0 Å². The molecule has 0 radical (unpaired) electrons. The van der Waals surface area contributed by atoms with E-state index in [0.29, 0.717) is 0 Å². The van der Waals surface area contributed by atoms with Crippen molar-refractivity contribution in [1.29, 1.82) is 0 Å². The van der Waals surface area contributed by atoms with Crippen molar-refractivity contribution in [3.05, 3.63) is 41.6 Å². The van der Waals surface area contributed by atoms with Crippen LogP contribution in [-0.4, -0.2) is 11.6 Å². The van der Waals surface area contributed by atoms with Crippen LogP contribution in [0.2, 0.25) is 0 Å². The summed E-state index contributed by atoms with van der Waals surface area (Å²) in [5.74, 6) is -0.534. The van der Waals surface area contributed by atoms with E-state index in [1.807, 2.05) is 30.3 Å². The van der Waals surface area contributed by atoms with Crippen LogP contribution in [0.15, 0.2) is 35.6 Å². The predicted octanol–water partition coefficient (Wildman–Crippen LogP) is 0.450. The number of amides is 1. The van der Waals surface area contributed by atoms with E-state index in [1.54, 1.807) is 6.20 Å². The number of hydrazone groups is 1. The fourth-order valence-corrected chi connectivity index (χ4v) is 1.33. The molecular weight excluding hydrogens is 178 g/mol. The molecule has 0 aliphatic carbocycles. The lowest BCUT2D eigenvalue weighted by atomic mass is 10.0. The van der Waals surface area contributed by atoms with E-state index < -0.39 is 5.91 Å². The Morgan fingerprint density at radius 2 is 2.14 bits per heavy atom. The summed E-state index contributed by atoms with van der Waals surface area (Å²) in [4.78, 5) is 11.1. The van der Waals surface area contributed by atoms with Crippen LogP contribution < -0.4 is 11.2 Å². The molecule has 1 aliphatic rings. The molecule has 1 amide bonds. The van der Waals surface area contributed by atoms with Crippen LogP contribution in [0.5, 0.6) is 0 Å². The highest BCUT2D eigenvalue weighted by molar-refractivity contribution is 6.45. The molecule has 4 nitrogen and oxygen atoms in total. The van der Waals surface area contributed by atoms with Crippen LogP contribution in [0.3, 0.4) is 0 Å². The normalized spacial score (nSPS) is 13.6. The van der Waals surface area contributed by atoms with Crippen LogP contribution in [0.4, 0.5) is 0 Å². The molecule has 1 aromatic carbocycles. The summed E-state index contributed by atoms with van der Waals surface area (Å²) in [5.41, 5.74) is 9.78. The van der Waals surface area contributed by atoms with E-state index in [9.17, 15) is 4.79 Å². The molecule has 14 heavy (non-hydrogen) atoms. The maximum absolute atomic E-state index is 11.1. The standard InChI is InChI=1S/C10H9N3O/c11-10(14)9-8-4-2-1-3-7(8)5-6-12-13-9/h1-6,12H,(H2,11,14). The lowest BCUT2D eigenvalue weighted by Gasteiger charge is -2.03. The van der Waals surface area contributed by atoms with Gasteiger partial charge in [-0.3, -0.25) is 10.2 Å². The Labute approximate surface area is 81.1 Å². The number of fused-ring (bicyclic) bond motifs is 1. The van der Waals surface area contributed by atoms with E-state index in [4.69, 9.17) is 5.73 Å². The molecular formula is C10H9N3O. The Balaban J connectivity index is 2.60. The number of carbonyl (C=O) groups is 1. The fourth-order valence-electron chi connectivity index (χ4n) is 1.33. The Hall–Kier alpha value is -2.10. The second-order valence-electron chi connectivity index (χ2n) is 2.87. The van der Waals surface area contributed by atoms with Crippen molar-refractivity contribution in [3.63, 3.8) is 0 Å². The number of hydrogen-bond acceptors (Lipinski definition) is 3. The van der Waals surface area contributed by atoms with Gasteiger partial charge in [-0.05, 0) is 11.6 Å². The first-order valence-corrected chi connectivity index (χ1v) is 4.18. The number of primary amides is 1. The maximum Gasteiger partial charge on any atom is 0.269 e. The molecule has 0 spiro atoms. The largest absolute Gasteiger partial charge is 0.364 e. The topological polar surface area (TPSA) is 67.5 Å².